The van der Waals surface area contributed by atoms with Gasteiger partial charge >= 0.3 is 0 Å². The summed E-state index contributed by atoms with van der Waals surface area (Å²) in [5.74, 6) is 1.49. The van der Waals surface area contributed by atoms with Gasteiger partial charge in [-0.1, -0.05) is 12.1 Å². The molecule has 0 bridgehead atoms. The van der Waals surface area contributed by atoms with E-state index in [1.54, 1.807) is 11.8 Å². The normalized spacial score (nSPS) is 10.3. The zero-order chi connectivity index (χ0) is 12.7. The van der Waals surface area contributed by atoms with Crippen molar-refractivity contribution in [3.8, 4) is 0 Å². The number of nitrogens with one attached hydrogen (secondary N) is 1. The van der Waals surface area contributed by atoms with Gasteiger partial charge in [0.25, 0.3) is 0 Å². The molecule has 3 N–H and O–H groups in total. The van der Waals surface area contributed by atoms with Crippen molar-refractivity contribution in [3.63, 3.8) is 0 Å². The van der Waals surface area contributed by atoms with E-state index in [0.29, 0.717) is 12.3 Å². The molecule has 1 amide bonds. The lowest BCUT2D eigenvalue weighted by Gasteiger charge is -2.09. The van der Waals surface area contributed by atoms with E-state index in [-0.39, 0.29) is 5.91 Å². The number of benzene rings is 1. The molecule has 0 fully saturated rings. The molecule has 4 heteroatoms. The van der Waals surface area contributed by atoms with Crippen molar-refractivity contribution in [2.75, 3.05) is 23.4 Å². The third-order valence-corrected chi connectivity index (χ3v) is 3.44. The molecule has 0 saturated carbocycles. The number of aryl methyl sites for hydroxylation is 2. The van der Waals surface area contributed by atoms with E-state index < -0.39 is 0 Å². The fourth-order valence-electron chi connectivity index (χ4n) is 1.41. The third kappa shape index (κ3) is 5.24. The molecule has 1 aromatic rings. The molecule has 1 aromatic carbocycles. The van der Waals surface area contributed by atoms with Gasteiger partial charge in [-0.3, -0.25) is 4.79 Å². The molecule has 17 heavy (non-hydrogen) atoms. The molecule has 0 unspecified atom stereocenters. The molecule has 1 rings (SSSR count). The highest BCUT2D eigenvalue weighted by atomic mass is 32.2. The number of carbonyl (C=O) groups excluding carboxylic acids is 1. The highest BCUT2D eigenvalue weighted by Gasteiger charge is 2.04. The number of amides is 1. The predicted octanol–water partition coefficient (Wildman–Crippen LogP) is 2.32. The zero-order valence-corrected chi connectivity index (χ0v) is 11.3. The van der Waals surface area contributed by atoms with E-state index in [1.807, 2.05) is 32.0 Å². The van der Waals surface area contributed by atoms with Crippen LogP contribution in [-0.2, 0) is 4.79 Å². The van der Waals surface area contributed by atoms with Crippen LogP contribution in [0.3, 0.4) is 0 Å². The minimum absolute atomic E-state index is 0.0562. The maximum Gasteiger partial charge on any atom is 0.234 e. The summed E-state index contributed by atoms with van der Waals surface area (Å²) in [5, 5.41) is 2.94. The number of carbonyl (C=O) groups is 1. The van der Waals surface area contributed by atoms with E-state index in [9.17, 15) is 4.79 Å². The fourth-order valence-corrected chi connectivity index (χ4v) is 2.18. The summed E-state index contributed by atoms with van der Waals surface area (Å²) >= 11 is 1.62. The highest BCUT2D eigenvalue weighted by molar-refractivity contribution is 7.99. The van der Waals surface area contributed by atoms with Gasteiger partial charge in [0, 0.05) is 5.69 Å². The Bertz CT molecular complexity index is 380. The van der Waals surface area contributed by atoms with Crippen molar-refractivity contribution in [1.29, 1.82) is 0 Å². The van der Waals surface area contributed by atoms with Crippen LogP contribution in [0.25, 0.3) is 0 Å². The van der Waals surface area contributed by atoms with Crippen molar-refractivity contribution in [2.45, 2.75) is 20.3 Å². The number of hydrogen-bond acceptors (Lipinski definition) is 3. The standard InChI is InChI=1S/C13H20N2OS/c1-10-4-5-11(2)12(8-10)15-13(16)9-17-7-3-6-14/h4-5,8H,3,6-7,9,14H2,1-2H3,(H,15,16). The molecule has 0 atom stereocenters. The number of thioether (sulfide) groups is 1. The average Bonchev–Trinajstić information content (AvgIpc) is 2.29. The second-order valence-corrected chi connectivity index (χ2v) is 5.17. The third-order valence-electron chi connectivity index (χ3n) is 2.39. The molecule has 0 aromatic heterocycles. The van der Waals surface area contributed by atoms with Crippen molar-refractivity contribution in [1.82, 2.24) is 0 Å². The Hall–Kier alpha value is -1.00. The molecule has 0 heterocycles. The monoisotopic (exact) mass is 252 g/mol. The largest absolute Gasteiger partial charge is 0.330 e. The van der Waals surface area contributed by atoms with Gasteiger partial charge in [0.05, 0.1) is 5.75 Å². The minimum atomic E-state index is 0.0562. The molecule has 0 aliphatic heterocycles. The number of hydrogen-bond donors (Lipinski definition) is 2. The van der Waals surface area contributed by atoms with Crippen LogP contribution in [0, 0.1) is 13.8 Å². The molecule has 0 aliphatic carbocycles. The summed E-state index contributed by atoms with van der Waals surface area (Å²) in [6.07, 6.45) is 0.960. The van der Waals surface area contributed by atoms with E-state index in [2.05, 4.69) is 5.32 Å². The van der Waals surface area contributed by atoms with E-state index in [0.717, 1.165) is 29.0 Å². The maximum atomic E-state index is 11.7. The lowest BCUT2D eigenvalue weighted by atomic mass is 10.1. The summed E-state index contributed by atoms with van der Waals surface area (Å²) in [6, 6.07) is 6.06. The van der Waals surface area contributed by atoms with Gasteiger partial charge in [0.2, 0.25) is 5.91 Å². The van der Waals surface area contributed by atoms with Crippen LogP contribution in [0.2, 0.25) is 0 Å². The Kier molecular flexibility index (Phi) is 6.08. The van der Waals surface area contributed by atoms with Crippen LogP contribution < -0.4 is 11.1 Å². The SMILES string of the molecule is Cc1ccc(C)c(NC(=O)CSCCCN)c1. The first-order valence-corrected chi connectivity index (χ1v) is 6.94. The van der Waals surface area contributed by atoms with Gasteiger partial charge < -0.3 is 11.1 Å². The van der Waals surface area contributed by atoms with Gasteiger partial charge in [-0.25, -0.2) is 0 Å². The zero-order valence-electron chi connectivity index (χ0n) is 10.5. The molecule has 0 spiro atoms. The lowest BCUT2D eigenvalue weighted by molar-refractivity contribution is -0.113. The van der Waals surface area contributed by atoms with Gasteiger partial charge in [-0.05, 0) is 49.8 Å². The Labute approximate surface area is 107 Å². The van der Waals surface area contributed by atoms with Crippen LogP contribution in [-0.4, -0.2) is 24.0 Å². The summed E-state index contributed by atoms with van der Waals surface area (Å²) in [7, 11) is 0. The lowest BCUT2D eigenvalue weighted by Crippen LogP contribution is -2.15. The van der Waals surface area contributed by atoms with Crippen molar-refractivity contribution >= 4 is 23.4 Å². The molecular weight excluding hydrogens is 232 g/mol. The van der Waals surface area contributed by atoms with Crippen LogP contribution in [0.5, 0.6) is 0 Å². The van der Waals surface area contributed by atoms with Crippen LogP contribution in [0.4, 0.5) is 5.69 Å². The van der Waals surface area contributed by atoms with E-state index >= 15 is 0 Å². The topological polar surface area (TPSA) is 55.1 Å². The van der Waals surface area contributed by atoms with Crippen LogP contribution in [0.1, 0.15) is 17.5 Å². The van der Waals surface area contributed by atoms with E-state index in [4.69, 9.17) is 5.73 Å². The van der Waals surface area contributed by atoms with Crippen molar-refractivity contribution in [2.24, 2.45) is 5.73 Å². The molecule has 3 nitrogen and oxygen atoms in total. The maximum absolute atomic E-state index is 11.7. The average molecular weight is 252 g/mol. The smallest absolute Gasteiger partial charge is 0.234 e. The van der Waals surface area contributed by atoms with Crippen molar-refractivity contribution in [3.05, 3.63) is 29.3 Å². The van der Waals surface area contributed by atoms with Crippen LogP contribution in [0.15, 0.2) is 18.2 Å². The Morgan fingerprint density at radius 3 is 2.88 bits per heavy atom. The Morgan fingerprint density at radius 1 is 1.41 bits per heavy atom. The first-order chi connectivity index (χ1) is 8.13. The van der Waals surface area contributed by atoms with E-state index in [1.165, 1.54) is 0 Å². The fraction of sp³-hybridized carbons (Fsp3) is 0.462. The minimum Gasteiger partial charge on any atom is -0.330 e. The predicted molar refractivity (Wildman–Crippen MR) is 75.5 cm³/mol. The number of nitrogens with two attached hydrogens (primary N) is 1. The van der Waals surface area contributed by atoms with Crippen molar-refractivity contribution < 1.29 is 4.79 Å². The second-order valence-electron chi connectivity index (χ2n) is 4.06. The highest BCUT2D eigenvalue weighted by Crippen LogP contribution is 2.16. The van der Waals surface area contributed by atoms with Gasteiger partial charge in [0.15, 0.2) is 0 Å². The second kappa shape index (κ2) is 7.35. The van der Waals surface area contributed by atoms with Crippen LogP contribution >= 0.6 is 11.8 Å². The molecule has 0 saturated heterocycles. The quantitative estimate of drug-likeness (QED) is 0.764. The molecule has 94 valence electrons. The molecule has 0 aliphatic rings. The first-order valence-electron chi connectivity index (χ1n) is 5.78. The number of rotatable bonds is 6. The van der Waals surface area contributed by atoms with Gasteiger partial charge in [0.1, 0.15) is 0 Å². The summed E-state index contributed by atoms with van der Waals surface area (Å²) in [4.78, 5) is 11.7. The Balaban J connectivity index is 2.42. The van der Waals surface area contributed by atoms with Gasteiger partial charge in [-0.2, -0.15) is 11.8 Å². The molecule has 0 radical (unpaired) electrons. The summed E-state index contributed by atoms with van der Waals surface area (Å²) in [6.45, 7) is 4.70. The number of anilines is 1. The van der Waals surface area contributed by atoms with Gasteiger partial charge in [-0.15, -0.1) is 0 Å². The summed E-state index contributed by atoms with van der Waals surface area (Å²) in [5.41, 5.74) is 8.55. The molecular formula is C13H20N2OS. The Morgan fingerprint density at radius 2 is 2.18 bits per heavy atom. The summed E-state index contributed by atoms with van der Waals surface area (Å²) < 4.78 is 0. The first kappa shape index (κ1) is 14.1.